The van der Waals surface area contributed by atoms with Crippen molar-refractivity contribution in [3.8, 4) is 0 Å². The zero-order chi connectivity index (χ0) is 12.6. The van der Waals surface area contributed by atoms with Gasteiger partial charge in [0.05, 0.1) is 19.8 Å². The van der Waals surface area contributed by atoms with Crippen LogP contribution < -0.4 is 5.32 Å². The minimum Gasteiger partial charge on any atom is -0.382 e. The van der Waals surface area contributed by atoms with E-state index in [1.165, 1.54) is 24.0 Å². The molecule has 2 rings (SSSR count). The Hall–Kier alpha value is -0.900. The van der Waals surface area contributed by atoms with Crippen LogP contribution in [-0.4, -0.2) is 33.5 Å². The summed E-state index contributed by atoms with van der Waals surface area (Å²) < 4.78 is 10.3. The summed E-state index contributed by atoms with van der Waals surface area (Å²) in [5, 5.41) is 3.38. The van der Waals surface area contributed by atoms with Crippen LogP contribution in [-0.2, 0) is 16.0 Å². The zero-order valence-electron chi connectivity index (χ0n) is 11.2. The molecule has 0 aromatic heterocycles. The second kappa shape index (κ2) is 7.52. The third-order valence-corrected chi connectivity index (χ3v) is 3.21. The van der Waals surface area contributed by atoms with Gasteiger partial charge < -0.3 is 14.8 Å². The van der Waals surface area contributed by atoms with Gasteiger partial charge in [0.1, 0.15) is 0 Å². The largest absolute Gasteiger partial charge is 0.382 e. The van der Waals surface area contributed by atoms with Crippen LogP contribution in [0.5, 0.6) is 0 Å². The number of benzene rings is 1. The third-order valence-electron chi connectivity index (χ3n) is 3.21. The van der Waals surface area contributed by atoms with Crippen LogP contribution in [0.3, 0.4) is 0 Å². The molecule has 0 unspecified atom stereocenters. The SMILES string of the molecule is COCCOCCNCc1ccc(C2CC2)cc1. The maximum atomic E-state index is 5.38. The van der Waals surface area contributed by atoms with E-state index < -0.39 is 0 Å². The summed E-state index contributed by atoms with van der Waals surface area (Å²) in [7, 11) is 1.69. The van der Waals surface area contributed by atoms with Gasteiger partial charge in [0.25, 0.3) is 0 Å². The van der Waals surface area contributed by atoms with Crippen LogP contribution in [0.1, 0.15) is 29.9 Å². The van der Waals surface area contributed by atoms with Gasteiger partial charge in [0, 0.05) is 20.2 Å². The molecule has 100 valence electrons. The van der Waals surface area contributed by atoms with Crippen LogP contribution in [0.15, 0.2) is 24.3 Å². The molecule has 1 aliphatic carbocycles. The minimum atomic E-state index is 0.669. The normalized spacial score (nSPS) is 14.9. The van der Waals surface area contributed by atoms with E-state index in [1.54, 1.807) is 7.11 Å². The van der Waals surface area contributed by atoms with Crippen molar-refractivity contribution in [3.05, 3.63) is 35.4 Å². The van der Waals surface area contributed by atoms with Crippen molar-refractivity contribution in [2.75, 3.05) is 33.5 Å². The molecule has 3 nitrogen and oxygen atoms in total. The maximum Gasteiger partial charge on any atom is 0.0700 e. The highest BCUT2D eigenvalue weighted by molar-refractivity contribution is 5.27. The summed E-state index contributed by atoms with van der Waals surface area (Å²) >= 11 is 0. The van der Waals surface area contributed by atoms with Gasteiger partial charge in [0.2, 0.25) is 0 Å². The standard InChI is InChI=1S/C15H23NO2/c1-17-10-11-18-9-8-16-12-13-2-4-14(5-3-13)15-6-7-15/h2-5,15-16H,6-12H2,1H3. The van der Waals surface area contributed by atoms with Gasteiger partial charge in [0.15, 0.2) is 0 Å². The Morgan fingerprint density at radius 1 is 1.11 bits per heavy atom. The fourth-order valence-corrected chi connectivity index (χ4v) is 1.95. The van der Waals surface area contributed by atoms with Crippen molar-refractivity contribution < 1.29 is 9.47 Å². The molecule has 0 spiro atoms. The Morgan fingerprint density at radius 3 is 2.56 bits per heavy atom. The predicted octanol–water partition coefficient (Wildman–Crippen LogP) is 2.32. The number of ether oxygens (including phenoxy) is 2. The Balaban J connectivity index is 1.55. The van der Waals surface area contributed by atoms with Gasteiger partial charge in [-0.3, -0.25) is 0 Å². The lowest BCUT2D eigenvalue weighted by molar-refractivity contribution is 0.0719. The Kier molecular flexibility index (Phi) is 5.65. The van der Waals surface area contributed by atoms with Crippen LogP contribution in [0.4, 0.5) is 0 Å². The molecule has 18 heavy (non-hydrogen) atoms. The highest BCUT2D eigenvalue weighted by atomic mass is 16.5. The molecule has 1 N–H and O–H groups in total. The molecular formula is C15H23NO2. The van der Waals surface area contributed by atoms with Crippen molar-refractivity contribution in [1.29, 1.82) is 0 Å². The second-order valence-corrected chi connectivity index (χ2v) is 4.80. The average molecular weight is 249 g/mol. The topological polar surface area (TPSA) is 30.5 Å². The molecular weight excluding hydrogens is 226 g/mol. The molecule has 0 saturated heterocycles. The van der Waals surface area contributed by atoms with Crippen LogP contribution >= 0.6 is 0 Å². The number of hydrogen-bond donors (Lipinski definition) is 1. The first-order valence-corrected chi connectivity index (χ1v) is 6.76. The van der Waals surface area contributed by atoms with E-state index in [9.17, 15) is 0 Å². The molecule has 1 fully saturated rings. The summed E-state index contributed by atoms with van der Waals surface area (Å²) in [5.74, 6) is 0.848. The summed E-state index contributed by atoms with van der Waals surface area (Å²) in [6.07, 6.45) is 2.74. The van der Waals surface area contributed by atoms with Crippen LogP contribution in [0.25, 0.3) is 0 Å². The van der Waals surface area contributed by atoms with Gasteiger partial charge >= 0.3 is 0 Å². The number of hydrogen-bond acceptors (Lipinski definition) is 3. The lowest BCUT2D eigenvalue weighted by Gasteiger charge is -2.07. The number of nitrogens with one attached hydrogen (secondary N) is 1. The van der Waals surface area contributed by atoms with Crippen molar-refractivity contribution in [1.82, 2.24) is 5.32 Å². The second-order valence-electron chi connectivity index (χ2n) is 4.80. The Labute approximate surface area is 109 Å². The third kappa shape index (κ3) is 4.77. The minimum absolute atomic E-state index is 0.669. The lowest BCUT2D eigenvalue weighted by atomic mass is 10.1. The first kappa shape index (κ1) is 13.5. The van der Waals surface area contributed by atoms with E-state index >= 15 is 0 Å². The van der Waals surface area contributed by atoms with Crippen molar-refractivity contribution >= 4 is 0 Å². The average Bonchev–Trinajstić information content (AvgIpc) is 3.23. The molecule has 3 heteroatoms. The fourth-order valence-electron chi connectivity index (χ4n) is 1.95. The quantitative estimate of drug-likeness (QED) is 0.681. The molecule has 0 atom stereocenters. The van der Waals surface area contributed by atoms with Gasteiger partial charge in [-0.2, -0.15) is 0 Å². The molecule has 1 aromatic carbocycles. The van der Waals surface area contributed by atoms with E-state index in [1.807, 2.05) is 0 Å². The van der Waals surface area contributed by atoms with E-state index in [2.05, 4.69) is 29.6 Å². The highest BCUT2D eigenvalue weighted by Gasteiger charge is 2.22. The smallest absolute Gasteiger partial charge is 0.0700 e. The summed E-state index contributed by atoms with van der Waals surface area (Å²) in [6.45, 7) is 3.88. The molecule has 0 amide bonds. The fraction of sp³-hybridized carbons (Fsp3) is 0.600. The van der Waals surface area contributed by atoms with Crippen molar-refractivity contribution in [2.45, 2.75) is 25.3 Å². The van der Waals surface area contributed by atoms with E-state index in [-0.39, 0.29) is 0 Å². The number of rotatable bonds is 9. The van der Waals surface area contributed by atoms with Crippen molar-refractivity contribution in [2.24, 2.45) is 0 Å². The van der Waals surface area contributed by atoms with E-state index in [4.69, 9.17) is 9.47 Å². The molecule has 1 saturated carbocycles. The molecule has 1 aliphatic rings. The lowest BCUT2D eigenvalue weighted by Crippen LogP contribution is -2.20. The molecule has 1 aromatic rings. The summed E-state index contributed by atoms with van der Waals surface area (Å²) in [4.78, 5) is 0. The van der Waals surface area contributed by atoms with Crippen LogP contribution in [0, 0.1) is 0 Å². The predicted molar refractivity (Wildman–Crippen MR) is 72.8 cm³/mol. The number of methoxy groups -OCH3 is 1. The Bertz CT molecular complexity index is 333. The van der Waals surface area contributed by atoms with Gasteiger partial charge in [-0.05, 0) is 29.9 Å². The maximum absolute atomic E-state index is 5.38. The van der Waals surface area contributed by atoms with E-state index in [0.29, 0.717) is 13.2 Å². The summed E-state index contributed by atoms with van der Waals surface area (Å²) in [6, 6.07) is 8.99. The first-order valence-electron chi connectivity index (χ1n) is 6.76. The van der Waals surface area contributed by atoms with Gasteiger partial charge in [-0.25, -0.2) is 0 Å². The molecule has 0 bridgehead atoms. The van der Waals surface area contributed by atoms with Gasteiger partial charge in [-0.15, -0.1) is 0 Å². The molecule has 0 radical (unpaired) electrons. The highest BCUT2D eigenvalue weighted by Crippen LogP contribution is 2.39. The first-order chi connectivity index (χ1) is 8.90. The van der Waals surface area contributed by atoms with Crippen molar-refractivity contribution in [3.63, 3.8) is 0 Å². The monoisotopic (exact) mass is 249 g/mol. The molecule has 0 heterocycles. The summed E-state index contributed by atoms with van der Waals surface area (Å²) in [5.41, 5.74) is 2.85. The van der Waals surface area contributed by atoms with Crippen LogP contribution in [0.2, 0.25) is 0 Å². The zero-order valence-corrected chi connectivity index (χ0v) is 11.2. The molecule has 0 aliphatic heterocycles. The Morgan fingerprint density at radius 2 is 1.89 bits per heavy atom. The van der Waals surface area contributed by atoms with E-state index in [0.717, 1.165) is 25.6 Å². The van der Waals surface area contributed by atoms with Gasteiger partial charge in [-0.1, -0.05) is 24.3 Å².